The molecule has 1 aromatic heterocycles. The molecule has 1 atom stereocenters. The second kappa shape index (κ2) is 5.24. The number of hydrogen-bond acceptors (Lipinski definition) is 4. The van der Waals surface area contributed by atoms with Gasteiger partial charge in [0.1, 0.15) is 5.82 Å². The number of rotatable bonds is 2. The normalized spacial score (nSPS) is 24.9. The number of hydrogen-bond donors (Lipinski definition) is 1. The van der Waals surface area contributed by atoms with Crippen LogP contribution >= 0.6 is 0 Å². The highest BCUT2D eigenvalue weighted by Gasteiger charge is 2.29. The van der Waals surface area contributed by atoms with Gasteiger partial charge in [-0.2, -0.15) is 0 Å². The van der Waals surface area contributed by atoms with Gasteiger partial charge in [-0.15, -0.1) is 0 Å². The maximum Gasteiger partial charge on any atom is 0.128 e. The minimum absolute atomic E-state index is 0.525. The van der Waals surface area contributed by atoms with Gasteiger partial charge in [0.2, 0.25) is 0 Å². The Hall–Kier alpha value is -1.13. The SMILES string of the molecule is NCc1cccc(N2CCN3CCCCC3C2)n1. The molecule has 1 unspecified atom stereocenters. The van der Waals surface area contributed by atoms with Crippen molar-refractivity contribution in [1.29, 1.82) is 0 Å². The fourth-order valence-corrected chi connectivity index (χ4v) is 3.12. The Labute approximate surface area is 109 Å². The molecule has 2 N–H and O–H groups in total. The summed E-state index contributed by atoms with van der Waals surface area (Å²) in [5.74, 6) is 1.10. The van der Waals surface area contributed by atoms with Crippen molar-refractivity contribution in [3.63, 3.8) is 0 Å². The standard InChI is InChI=1S/C14H22N4/c15-10-12-4-3-6-14(16-12)18-9-8-17-7-2-1-5-13(17)11-18/h3-4,6,13H,1-2,5,7-11,15H2. The number of piperidine rings is 1. The minimum atomic E-state index is 0.525. The van der Waals surface area contributed by atoms with Crippen molar-refractivity contribution < 1.29 is 0 Å². The van der Waals surface area contributed by atoms with Crippen LogP contribution in [0.1, 0.15) is 25.0 Å². The average molecular weight is 246 g/mol. The third kappa shape index (κ3) is 2.35. The Morgan fingerprint density at radius 2 is 2.17 bits per heavy atom. The Balaban J connectivity index is 1.72. The van der Waals surface area contributed by atoms with E-state index in [1.807, 2.05) is 6.07 Å². The lowest BCUT2D eigenvalue weighted by Crippen LogP contribution is -2.55. The van der Waals surface area contributed by atoms with Crippen molar-refractivity contribution in [3.8, 4) is 0 Å². The molecule has 1 aromatic rings. The molecule has 2 aliphatic heterocycles. The van der Waals surface area contributed by atoms with Crippen molar-refractivity contribution in [2.75, 3.05) is 31.1 Å². The number of pyridine rings is 1. The predicted octanol–water partition coefficient (Wildman–Crippen LogP) is 1.21. The largest absolute Gasteiger partial charge is 0.354 e. The van der Waals surface area contributed by atoms with Gasteiger partial charge in [0.25, 0.3) is 0 Å². The van der Waals surface area contributed by atoms with Crippen LogP contribution in [0.5, 0.6) is 0 Å². The number of nitrogens with zero attached hydrogens (tertiary/aromatic N) is 3. The van der Waals surface area contributed by atoms with Crippen molar-refractivity contribution in [3.05, 3.63) is 23.9 Å². The molecular formula is C14H22N4. The molecular weight excluding hydrogens is 224 g/mol. The van der Waals surface area contributed by atoms with Gasteiger partial charge >= 0.3 is 0 Å². The summed E-state index contributed by atoms with van der Waals surface area (Å²) in [4.78, 5) is 9.70. The average Bonchev–Trinajstić information content (AvgIpc) is 2.47. The second-order valence-electron chi connectivity index (χ2n) is 5.32. The summed E-state index contributed by atoms with van der Waals surface area (Å²) < 4.78 is 0. The van der Waals surface area contributed by atoms with E-state index in [1.165, 1.54) is 32.4 Å². The molecule has 98 valence electrons. The molecule has 18 heavy (non-hydrogen) atoms. The first-order valence-electron chi connectivity index (χ1n) is 7.02. The van der Waals surface area contributed by atoms with E-state index < -0.39 is 0 Å². The molecule has 3 heterocycles. The van der Waals surface area contributed by atoms with Crippen LogP contribution in [0.3, 0.4) is 0 Å². The summed E-state index contributed by atoms with van der Waals surface area (Å²) in [7, 11) is 0. The van der Waals surface area contributed by atoms with Gasteiger partial charge in [-0.3, -0.25) is 4.90 Å². The minimum Gasteiger partial charge on any atom is -0.354 e. The molecule has 2 fully saturated rings. The van der Waals surface area contributed by atoms with Gasteiger partial charge in [-0.25, -0.2) is 4.98 Å². The van der Waals surface area contributed by atoms with E-state index in [0.29, 0.717) is 6.54 Å². The third-order valence-electron chi connectivity index (χ3n) is 4.16. The second-order valence-corrected chi connectivity index (χ2v) is 5.32. The molecule has 0 aromatic carbocycles. The van der Waals surface area contributed by atoms with Crippen LogP contribution in [0.2, 0.25) is 0 Å². The van der Waals surface area contributed by atoms with Crippen molar-refractivity contribution >= 4 is 5.82 Å². The van der Waals surface area contributed by atoms with Crippen molar-refractivity contribution in [2.24, 2.45) is 5.73 Å². The van der Waals surface area contributed by atoms with Gasteiger partial charge in [0.05, 0.1) is 5.69 Å². The van der Waals surface area contributed by atoms with E-state index in [-0.39, 0.29) is 0 Å². The van der Waals surface area contributed by atoms with E-state index in [4.69, 9.17) is 5.73 Å². The molecule has 4 nitrogen and oxygen atoms in total. The molecule has 0 bridgehead atoms. The summed E-state index contributed by atoms with van der Waals surface area (Å²) in [6.45, 7) is 5.21. The molecule has 2 saturated heterocycles. The van der Waals surface area contributed by atoms with Crippen LogP contribution in [0, 0.1) is 0 Å². The monoisotopic (exact) mass is 246 g/mol. The zero-order valence-corrected chi connectivity index (χ0v) is 10.9. The molecule has 3 rings (SSSR count). The lowest BCUT2D eigenvalue weighted by molar-refractivity contribution is 0.133. The van der Waals surface area contributed by atoms with Gasteiger partial charge in [0.15, 0.2) is 0 Å². The fraction of sp³-hybridized carbons (Fsp3) is 0.643. The van der Waals surface area contributed by atoms with Gasteiger partial charge in [-0.05, 0) is 31.5 Å². The van der Waals surface area contributed by atoms with E-state index in [2.05, 4.69) is 26.9 Å². The van der Waals surface area contributed by atoms with Gasteiger partial charge in [0, 0.05) is 32.2 Å². The smallest absolute Gasteiger partial charge is 0.128 e. The first kappa shape index (κ1) is 11.9. The van der Waals surface area contributed by atoms with Crippen LogP contribution in [0.4, 0.5) is 5.82 Å². The van der Waals surface area contributed by atoms with E-state index in [9.17, 15) is 0 Å². The quantitative estimate of drug-likeness (QED) is 0.852. The van der Waals surface area contributed by atoms with Crippen LogP contribution in [-0.2, 0) is 6.54 Å². The maximum absolute atomic E-state index is 5.67. The summed E-state index contributed by atoms with van der Waals surface area (Å²) in [5, 5.41) is 0. The van der Waals surface area contributed by atoms with Crippen LogP contribution < -0.4 is 10.6 Å². The molecule has 4 heteroatoms. The maximum atomic E-state index is 5.67. The van der Waals surface area contributed by atoms with Crippen molar-refractivity contribution in [1.82, 2.24) is 9.88 Å². The van der Waals surface area contributed by atoms with Crippen molar-refractivity contribution in [2.45, 2.75) is 31.8 Å². The molecule has 0 saturated carbocycles. The summed E-state index contributed by atoms with van der Waals surface area (Å²) in [6, 6.07) is 6.91. The van der Waals surface area contributed by atoms with Crippen LogP contribution in [-0.4, -0.2) is 42.1 Å². The van der Waals surface area contributed by atoms with Gasteiger partial charge in [-0.1, -0.05) is 12.5 Å². The highest BCUT2D eigenvalue weighted by Crippen LogP contribution is 2.23. The summed E-state index contributed by atoms with van der Waals surface area (Å²) in [6.07, 6.45) is 4.09. The van der Waals surface area contributed by atoms with Crippen LogP contribution in [0.25, 0.3) is 0 Å². The Kier molecular flexibility index (Phi) is 3.48. The van der Waals surface area contributed by atoms with E-state index in [1.54, 1.807) is 0 Å². The molecule has 0 spiro atoms. The molecule has 0 radical (unpaired) electrons. The molecule has 0 aliphatic carbocycles. The highest BCUT2D eigenvalue weighted by atomic mass is 15.3. The summed E-state index contributed by atoms with van der Waals surface area (Å²) >= 11 is 0. The van der Waals surface area contributed by atoms with Crippen LogP contribution in [0.15, 0.2) is 18.2 Å². The Bertz CT molecular complexity index is 407. The third-order valence-corrected chi connectivity index (χ3v) is 4.16. The highest BCUT2D eigenvalue weighted by molar-refractivity contribution is 5.40. The zero-order chi connectivity index (χ0) is 12.4. The number of piperazine rings is 1. The molecule has 0 amide bonds. The zero-order valence-electron chi connectivity index (χ0n) is 10.9. The number of nitrogens with two attached hydrogens (primary N) is 1. The summed E-state index contributed by atoms with van der Waals surface area (Å²) in [5.41, 5.74) is 6.65. The number of anilines is 1. The molecule has 2 aliphatic rings. The lowest BCUT2D eigenvalue weighted by Gasteiger charge is -2.44. The lowest BCUT2D eigenvalue weighted by atomic mass is 9.99. The fourth-order valence-electron chi connectivity index (χ4n) is 3.12. The number of aromatic nitrogens is 1. The predicted molar refractivity (Wildman–Crippen MR) is 73.6 cm³/mol. The Morgan fingerprint density at radius 1 is 1.22 bits per heavy atom. The Morgan fingerprint density at radius 3 is 3.06 bits per heavy atom. The number of fused-ring (bicyclic) bond motifs is 1. The topological polar surface area (TPSA) is 45.4 Å². The first-order chi connectivity index (χ1) is 8.86. The first-order valence-corrected chi connectivity index (χ1v) is 7.02. The van der Waals surface area contributed by atoms with E-state index >= 15 is 0 Å². The van der Waals surface area contributed by atoms with Gasteiger partial charge < -0.3 is 10.6 Å². The van der Waals surface area contributed by atoms with E-state index in [0.717, 1.165) is 30.6 Å².